The van der Waals surface area contributed by atoms with Gasteiger partial charge in [-0.05, 0) is 74.8 Å². The molecular formula is C30H49NO6. The Balaban J connectivity index is 3.06. The van der Waals surface area contributed by atoms with Gasteiger partial charge < -0.3 is 30.8 Å². The Morgan fingerprint density at radius 3 is 2.43 bits per heavy atom. The number of aliphatic hydroxyl groups is 3. The summed E-state index contributed by atoms with van der Waals surface area (Å²) in [6, 6.07) is 7.23. The molecule has 1 aromatic carbocycles. The van der Waals surface area contributed by atoms with Gasteiger partial charge in [0.15, 0.2) is 0 Å². The number of carboxylic acid groups (broad SMARTS) is 1. The van der Waals surface area contributed by atoms with Crippen LogP contribution in [0, 0.1) is 0 Å². The fraction of sp³-hybridized carbons (Fsp3) is 0.633. The van der Waals surface area contributed by atoms with Crippen LogP contribution in [0.3, 0.4) is 0 Å². The largest absolute Gasteiger partial charge is 0.508 e. The van der Waals surface area contributed by atoms with E-state index in [1.807, 2.05) is 25.1 Å². The van der Waals surface area contributed by atoms with Crippen molar-refractivity contribution in [3.8, 4) is 5.75 Å². The summed E-state index contributed by atoms with van der Waals surface area (Å²) in [7, 11) is 0. The van der Waals surface area contributed by atoms with Crippen molar-refractivity contribution in [3.63, 3.8) is 0 Å². The first-order chi connectivity index (χ1) is 17.8. The van der Waals surface area contributed by atoms with E-state index in [4.69, 9.17) is 5.11 Å². The van der Waals surface area contributed by atoms with E-state index >= 15 is 0 Å². The second kappa shape index (κ2) is 19.9. The van der Waals surface area contributed by atoms with Crippen LogP contribution >= 0.6 is 0 Å². The summed E-state index contributed by atoms with van der Waals surface area (Å²) < 4.78 is 0. The second-order valence-electron chi connectivity index (χ2n) is 9.87. The number of phenolic OH excluding ortho intramolecular Hbond substituents is 1. The van der Waals surface area contributed by atoms with Gasteiger partial charge in [0.1, 0.15) is 5.75 Å². The van der Waals surface area contributed by atoms with Gasteiger partial charge in [-0.1, -0.05) is 69.4 Å². The lowest BCUT2D eigenvalue weighted by Gasteiger charge is -2.19. The molecule has 0 aliphatic heterocycles. The standard InChI is InChI=1S/C30H49NO6/c1-3-5-6-13-27(33)17-15-25(19-23-10-9-14-28(34)20-23)24(21-29(35)22-32)11-7-8-12-26(31-4-2)16-18-30(36)37/h9-10,14-15,17,20,26-27,29,31-35H,3-8,11-13,16,18-19,21-22H2,1-2H3,(H,36,37)/b17-15+,25-24+/t26-,27+,29+/m1/s1. The number of aliphatic carboxylic acids is 1. The summed E-state index contributed by atoms with van der Waals surface area (Å²) in [5, 5.41) is 52.6. The van der Waals surface area contributed by atoms with Crippen LogP contribution in [0.15, 0.2) is 47.6 Å². The topological polar surface area (TPSA) is 130 Å². The third-order valence-corrected chi connectivity index (χ3v) is 6.56. The number of nitrogens with one attached hydrogen (secondary N) is 1. The van der Waals surface area contributed by atoms with Gasteiger partial charge in [0.25, 0.3) is 0 Å². The van der Waals surface area contributed by atoms with Crippen molar-refractivity contribution in [2.24, 2.45) is 0 Å². The summed E-state index contributed by atoms with van der Waals surface area (Å²) in [5.74, 6) is -0.598. The number of carboxylic acids is 1. The molecule has 37 heavy (non-hydrogen) atoms. The van der Waals surface area contributed by atoms with Crippen molar-refractivity contribution in [3.05, 3.63) is 53.1 Å². The lowest BCUT2D eigenvalue weighted by atomic mass is 9.91. The molecule has 6 N–H and O–H groups in total. The molecule has 7 nitrogen and oxygen atoms in total. The highest BCUT2D eigenvalue weighted by molar-refractivity contribution is 5.66. The molecule has 0 bridgehead atoms. The number of benzene rings is 1. The Kier molecular flexibility index (Phi) is 17.6. The van der Waals surface area contributed by atoms with Crippen molar-refractivity contribution < 1.29 is 30.3 Å². The van der Waals surface area contributed by atoms with Gasteiger partial charge in [0.2, 0.25) is 0 Å². The molecule has 7 heteroatoms. The van der Waals surface area contributed by atoms with E-state index in [2.05, 4.69) is 12.2 Å². The average molecular weight is 520 g/mol. The summed E-state index contributed by atoms with van der Waals surface area (Å²) in [5.41, 5.74) is 2.92. The Bertz CT molecular complexity index is 822. The lowest BCUT2D eigenvalue weighted by Crippen LogP contribution is -2.29. The van der Waals surface area contributed by atoms with Crippen LogP contribution in [0.2, 0.25) is 0 Å². The van der Waals surface area contributed by atoms with Crippen LogP contribution in [-0.4, -0.2) is 62.9 Å². The number of rotatable bonds is 21. The molecule has 0 fully saturated rings. The second-order valence-corrected chi connectivity index (χ2v) is 9.87. The van der Waals surface area contributed by atoms with Crippen LogP contribution in [-0.2, 0) is 11.2 Å². The predicted octanol–water partition coefficient (Wildman–Crippen LogP) is 4.88. The monoisotopic (exact) mass is 519 g/mol. The Morgan fingerprint density at radius 2 is 1.78 bits per heavy atom. The molecule has 0 aliphatic carbocycles. The average Bonchev–Trinajstić information content (AvgIpc) is 2.86. The minimum atomic E-state index is -0.873. The molecule has 0 spiro atoms. The number of hydrogen-bond donors (Lipinski definition) is 6. The van der Waals surface area contributed by atoms with Gasteiger partial charge in [0.05, 0.1) is 18.8 Å². The van der Waals surface area contributed by atoms with Crippen molar-refractivity contribution in [2.75, 3.05) is 13.2 Å². The SMILES string of the molecule is CCCCC[C@H](O)/C=C/C(Cc1cccc(O)c1)=C(/CCCC[C@H](CCC(=O)O)NCC)C[C@H](O)CO. The maximum Gasteiger partial charge on any atom is 0.303 e. The first kappa shape index (κ1) is 32.8. The number of carbonyl (C=O) groups is 1. The van der Waals surface area contributed by atoms with Crippen molar-refractivity contribution in [2.45, 2.75) is 109 Å². The quantitative estimate of drug-likeness (QED) is 0.101. The maximum absolute atomic E-state index is 11.0. The van der Waals surface area contributed by atoms with Gasteiger partial charge >= 0.3 is 5.97 Å². The number of aromatic hydroxyl groups is 1. The summed E-state index contributed by atoms with van der Waals surface area (Å²) in [6.07, 6.45) is 11.1. The molecule has 0 heterocycles. The summed E-state index contributed by atoms with van der Waals surface area (Å²) >= 11 is 0. The van der Waals surface area contributed by atoms with Gasteiger partial charge in [-0.3, -0.25) is 4.79 Å². The molecular weight excluding hydrogens is 470 g/mol. The third kappa shape index (κ3) is 15.6. The summed E-state index contributed by atoms with van der Waals surface area (Å²) in [6.45, 7) is 4.60. The number of aliphatic hydroxyl groups excluding tert-OH is 3. The van der Waals surface area contributed by atoms with Gasteiger partial charge in [-0.2, -0.15) is 0 Å². The number of allylic oxidation sites excluding steroid dienone is 2. The first-order valence-electron chi connectivity index (χ1n) is 13.9. The van der Waals surface area contributed by atoms with E-state index < -0.39 is 18.2 Å². The minimum Gasteiger partial charge on any atom is -0.508 e. The van der Waals surface area contributed by atoms with E-state index in [0.29, 0.717) is 25.7 Å². The first-order valence-corrected chi connectivity index (χ1v) is 13.9. The van der Waals surface area contributed by atoms with E-state index in [-0.39, 0.29) is 24.8 Å². The number of unbranched alkanes of at least 4 members (excludes halogenated alkanes) is 3. The van der Waals surface area contributed by atoms with E-state index in [1.165, 1.54) is 0 Å². The van der Waals surface area contributed by atoms with Crippen molar-refractivity contribution in [1.29, 1.82) is 0 Å². The number of phenols is 1. The zero-order chi connectivity index (χ0) is 27.5. The van der Waals surface area contributed by atoms with E-state index in [9.17, 15) is 25.2 Å². The third-order valence-electron chi connectivity index (χ3n) is 6.56. The highest BCUT2D eigenvalue weighted by atomic mass is 16.4. The van der Waals surface area contributed by atoms with Gasteiger partial charge in [-0.25, -0.2) is 0 Å². The fourth-order valence-electron chi connectivity index (χ4n) is 4.52. The Morgan fingerprint density at radius 1 is 1.03 bits per heavy atom. The smallest absolute Gasteiger partial charge is 0.303 e. The van der Waals surface area contributed by atoms with Crippen LogP contribution in [0.1, 0.15) is 90.0 Å². The Labute approximate surface area is 222 Å². The molecule has 3 atom stereocenters. The zero-order valence-electron chi connectivity index (χ0n) is 22.7. The molecule has 0 saturated carbocycles. The minimum absolute atomic E-state index is 0.144. The molecule has 0 unspecified atom stereocenters. The lowest BCUT2D eigenvalue weighted by molar-refractivity contribution is -0.137. The van der Waals surface area contributed by atoms with Gasteiger partial charge in [0, 0.05) is 12.5 Å². The fourth-order valence-corrected chi connectivity index (χ4v) is 4.52. The molecule has 0 radical (unpaired) electrons. The highest BCUT2D eigenvalue weighted by Crippen LogP contribution is 2.25. The molecule has 0 aliphatic rings. The van der Waals surface area contributed by atoms with Crippen LogP contribution in [0.25, 0.3) is 0 Å². The zero-order valence-corrected chi connectivity index (χ0v) is 22.7. The van der Waals surface area contributed by atoms with Crippen LogP contribution < -0.4 is 5.32 Å². The number of hydrogen-bond acceptors (Lipinski definition) is 6. The maximum atomic E-state index is 11.0. The van der Waals surface area contributed by atoms with Crippen molar-refractivity contribution >= 4 is 5.97 Å². The van der Waals surface area contributed by atoms with Crippen molar-refractivity contribution in [1.82, 2.24) is 5.32 Å². The molecule has 1 aromatic rings. The van der Waals surface area contributed by atoms with Crippen LogP contribution in [0.4, 0.5) is 0 Å². The van der Waals surface area contributed by atoms with Crippen LogP contribution in [0.5, 0.6) is 5.75 Å². The summed E-state index contributed by atoms with van der Waals surface area (Å²) in [4.78, 5) is 11.0. The normalized spacial score (nSPS) is 14.9. The van der Waals surface area contributed by atoms with Gasteiger partial charge in [-0.15, -0.1) is 0 Å². The van der Waals surface area contributed by atoms with E-state index in [1.54, 1.807) is 18.2 Å². The molecule has 1 rings (SSSR count). The molecule has 0 saturated heterocycles. The molecule has 210 valence electrons. The predicted molar refractivity (Wildman–Crippen MR) is 149 cm³/mol. The van der Waals surface area contributed by atoms with E-state index in [0.717, 1.165) is 68.2 Å². The highest BCUT2D eigenvalue weighted by Gasteiger charge is 2.14. The molecule has 0 amide bonds. The Hall–Kier alpha value is -2.19. The molecule has 0 aromatic heterocycles.